The maximum Gasteiger partial charge on any atom is 0.144 e. The number of rotatable bonds is 3. The first-order chi connectivity index (χ1) is 6.43. The monoisotopic (exact) mass is 194 g/mol. The quantitative estimate of drug-likeness (QED) is 0.657. The minimum atomic E-state index is -0.237. The Morgan fingerprint density at radius 1 is 1.36 bits per heavy atom. The predicted octanol–water partition coefficient (Wildman–Crippen LogP) is 3.46. The molecule has 0 N–H and O–H groups in total. The topological polar surface area (TPSA) is 24.7 Å². The summed E-state index contributed by atoms with van der Waals surface area (Å²) in [7, 11) is 0. The fourth-order valence-electron chi connectivity index (χ4n) is 1.80. The van der Waals surface area contributed by atoms with Gasteiger partial charge in [0.1, 0.15) is 5.66 Å². The van der Waals surface area contributed by atoms with Gasteiger partial charge in [-0.2, -0.15) is 0 Å². The van der Waals surface area contributed by atoms with Crippen LogP contribution in [-0.2, 0) is 0 Å². The molecule has 0 aromatic rings. The third-order valence-corrected chi connectivity index (χ3v) is 3.36. The van der Waals surface area contributed by atoms with Crippen molar-refractivity contribution in [3.8, 4) is 0 Å². The molecule has 1 aliphatic heterocycles. The Labute approximate surface area is 87.5 Å². The highest BCUT2D eigenvalue weighted by Crippen LogP contribution is 2.32. The molecular formula is C12H22N2. The highest BCUT2D eigenvalue weighted by atomic mass is 15.1. The molecule has 0 fully saturated rings. The summed E-state index contributed by atoms with van der Waals surface area (Å²) in [6.07, 6.45) is 5.27. The van der Waals surface area contributed by atoms with Gasteiger partial charge in [-0.1, -0.05) is 20.8 Å². The second-order valence-electron chi connectivity index (χ2n) is 4.84. The van der Waals surface area contributed by atoms with Crippen molar-refractivity contribution < 1.29 is 0 Å². The molecule has 1 aliphatic rings. The molecule has 80 valence electrons. The van der Waals surface area contributed by atoms with Crippen LogP contribution in [0.5, 0.6) is 0 Å². The van der Waals surface area contributed by atoms with Crippen LogP contribution in [0.15, 0.2) is 9.98 Å². The van der Waals surface area contributed by atoms with Crippen molar-refractivity contribution in [1.29, 1.82) is 0 Å². The first-order valence-corrected chi connectivity index (χ1v) is 5.56. The van der Waals surface area contributed by atoms with E-state index in [-0.39, 0.29) is 11.1 Å². The van der Waals surface area contributed by atoms with Crippen LogP contribution in [0.3, 0.4) is 0 Å². The molecule has 2 nitrogen and oxygen atoms in total. The average molecular weight is 194 g/mol. The zero-order valence-electron chi connectivity index (χ0n) is 10.1. The molecule has 1 rings (SSSR count). The SMILES string of the molecule is CCC(C)(CC)C1=NC(C)(C)N=CC1. The van der Waals surface area contributed by atoms with Gasteiger partial charge in [0.2, 0.25) is 0 Å². The van der Waals surface area contributed by atoms with E-state index in [9.17, 15) is 0 Å². The number of hydrogen-bond donors (Lipinski definition) is 0. The third kappa shape index (κ3) is 2.23. The third-order valence-electron chi connectivity index (χ3n) is 3.36. The van der Waals surface area contributed by atoms with Crippen LogP contribution in [0.1, 0.15) is 53.9 Å². The summed E-state index contributed by atoms with van der Waals surface area (Å²) in [5.41, 5.74) is 1.35. The Kier molecular flexibility index (Phi) is 3.13. The normalized spacial score (nSPS) is 20.8. The molecule has 0 bridgehead atoms. The van der Waals surface area contributed by atoms with E-state index in [4.69, 9.17) is 4.99 Å². The minimum absolute atomic E-state index is 0.237. The molecule has 1 heterocycles. The van der Waals surface area contributed by atoms with Gasteiger partial charge in [-0.3, -0.25) is 9.98 Å². The minimum Gasteiger partial charge on any atom is -0.268 e. The molecule has 0 spiro atoms. The smallest absolute Gasteiger partial charge is 0.144 e. The summed E-state index contributed by atoms with van der Waals surface area (Å²) in [5.74, 6) is 0. The maximum absolute atomic E-state index is 4.75. The lowest BCUT2D eigenvalue weighted by atomic mass is 9.78. The maximum atomic E-state index is 4.75. The Morgan fingerprint density at radius 3 is 2.36 bits per heavy atom. The van der Waals surface area contributed by atoms with E-state index in [1.807, 2.05) is 6.21 Å². The summed E-state index contributed by atoms with van der Waals surface area (Å²) in [5, 5.41) is 0. The second kappa shape index (κ2) is 3.84. The van der Waals surface area contributed by atoms with Crippen LogP contribution in [-0.4, -0.2) is 17.6 Å². The van der Waals surface area contributed by atoms with Gasteiger partial charge >= 0.3 is 0 Å². The van der Waals surface area contributed by atoms with E-state index < -0.39 is 0 Å². The van der Waals surface area contributed by atoms with Crippen molar-refractivity contribution in [2.24, 2.45) is 15.4 Å². The number of aliphatic imine (C=N–C) groups is 2. The Bertz CT molecular complexity index is 257. The summed E-state index contributed by atoms with van der Waals surface area (Å²) in [4.78, 5) is 9.13. The van der Waals surface area contributed by atoms with E-state index in [0.29, 0.717) is 0 Å². The number of hydrogen-bond acceptors (Lipinski definition) is 2. The van der Waals surface area contributed by atoms with E-state index in [1.54, 1.807) is 0 Å². The summed E-state index contributed by atoms with van der Waals surface area (Å²) in [6, 6.07) is 0. The fraction of sp³-hybridized carbons (Fsp3) is 0.833. The zero-order valence-corrected chi connectivity index (χ0v) is 10.1. The molecule has 0 saturated heterocycles. The molecule has 0 saturated carbocycles. The van der Waals surface area contributed by atoms with Gasteiger partial charge in [-0.05, 0) is 26.7 Å². The molecule has 0 radical (unpaired) electrons. The second-order valence-corrected chi connectivity index (χ2v) is 4.84. The lowest BCUT2D eigenvalue weighted by Gasteiger charge is -2.32. The first kappa shape index (κ1) is 11.4. The average Bonchev–Trinajstić information content (AvgIpc) is 2.15. The Hall–Kier alpha value is -0.660. The lowest BCUT2D eigenvalue weighted by molar-refractivity contribution is 0.415. The van der Waals surface area contributed by atoms with E-state index in [2.05, 4.69) is 39.6 Å². The summed E-state index contributed by atoms with van der Waals surface area (Å²) < 4.78 is 0. The van der Waals surface area contributed by atoms with Crippen molar-refractivity contribution >= 4 is 11.9 Å². The van der Waals surface area contributed by atoms with Gasteiger partial charge in [0, 0.05) is 23.8 Å². The van der Waals surface area contributed by atoms with Gasteiger partial charge in [-0.25, -0.2) is 0 Å². The van der Waals surface area contributed by atoms with Crippen molar-refractivity contribution in [2.75, 3.05) is 0 Å². The van der Waals surface area contributed by atoms with Gasteiger partial charge in [0.25, 0.3) is 0 Å². The van der Waals surface area contributed by atoms with Crippen molar-refractivity contribution in [3.05, 3.63) is 0 Å². The Morgan fingerprint density at radius 2 is 1.93 bits per heavy atom. The highest BCUT2D eigenvalue weighted by molar-refractivity contribution is 6.00. The van der Waals surface area contributed by atoms with E-state index in [0.717, 1.165) is 19.3 Å². The van der Waals surface area contributed by atoms with Crippen LogP contribution < -0.4 is 0 Å². The molecule has 2 heteroatoms. The summed E-state index contributed by atoms with van der Waals surface area (Å²) in [6.45, 7) is 10.9. The molecule has 0 atom stereocenters. The van der Waals surface area contributed by atoms with Gasteiger partial charge in [0.05, 0.1) is 0 Å². The van der Waals surface area contributed by atoms with Gasteiger partial charge in [-0.15, -0.1) is 0 Å². The van der Waals surface area contributed by atoms with E-state index >= 15 is 0 Å². The molecule has 0 aromatic heterocycles. The van der Waals surface area contributed by atoms with E-state index in [1.165, 1.54) is 5.71 Å². The Balaban J connectivity index is 2.94. The molecule has 0 amide bonds. The van der Waals surface area contributed by atoms with Crippen LogP contribution >= 0.6 is 0 Å². The highest BCUT2D eigenvalue weighted by Gasteiger charge is 2.30. The van der Waals surface area contributed by atoms with Crippen LogP contribution in [0.4, 0.5) is 0 Å². The standard InChI is InChI=1S/C12H22N2/c1-6-12(5,7-2)10-8-9-13-11(3,4)14-10/h9H,6-8H2,1-5H3. The molecule has 14 heavy (non-hydrogen) atoms. The molecule has 0 aromatic carbocycles. The first-order valence-electron chi connectivity index (χ1n) is 5.56. The summed E-state index contributed by atoms with van der Waals surface area (Å²) >= 11 is 0. The predicted molar refractivity (Wildman–Crippen MR) is 63.3 cm³/mol. The van der Waals surface area contributed by atoms with Crippen LogP contribution in [0, 0.1) is 5.41 Å². The largest absolute Gasteiger partial charge is 0.268 e. The molecular weight excluding hydrogens is 172 g/mol. The van der Waals surface area contributed by atoms with Gasteiger partial charge < -0.3 is 0 Å². The molecule has 0 unspecified atom stereocenters. The van der Waals surface area contributed by atoms with Crippen molar-refractivity contribution in [3.63, 3.8) is 0 Å². The van der Waals surface area contributed by atoms with Gasteiger partial charge in [0.15, 0.2) is 0 Å². The lowest BCUT2D eigenvalue weighted by Crippen LogP contribution is -2.33. The van der Waals surface area contributed by atoms with Crippen LogP contribution in [0.25, 0.3) is 0 Å². The fourth-order valence-corrected chi connectivity index (χ4v) is 1.80. The molecule has 0 aliphatic carbocycles. The van der Waals surface area contributed by atoms with Crippen LogP contribution in [0.2, 0.25) is 0 Å². The van der Waals surface area contributed by atoms with Crippen molar-refractivity contribution in [2.45, 2.75) is 59.5 Å². The van der Waals surface area contributed by atoms with Crippen molar-refractivity contribution in [1.82, 2.24) is 0 Å². The zero-order chi connectivity index (χ0) is 10.8. The number of nitrogens with zero attached hydrogens (tertiary/aromatic N) is 2.